The third-order valence-corrected chi connectivity index (χ3v) is 3.88. The quantitative estimate of drug-likeness (QED) is 0.827. The summed E-state index contributed by atoms with van der Waals surface area (Å²) in [5.41, 5.74) is 1.26. The van der Waals surface area contributed by atoms with E-state index in [-0.39, 0.29) is 12.3 Å². The molecule has 1 aromatic heterocycles. The molecule has 0 unspecified atom stereocenters. The molecule has 7 heteroatoms. The molecule has 0 atom stereocenters. The van der Waals surface area contributed by atoms with E-state index in [1.54, 1.807) is 0 Å². The fraction of sp³-hybridized carbons (Fsp3) is 0.286. The Kier molecular flexibility index (Phi) is 5.64. The van der Waals surface area contributed by atoms with Gasteiger partial charge in [0.2, 0.25) is 5.91 Å². The van der Waals surface area contributed by atoms with E-state index in [4.69, 9.17) is 11.6 Å². The minimum absolute atomic E-state index is 0.178. The van der Waals surface area contributed by atoms with Crippen LogP contribution in [-0.4, -0.2) is 17.4 Å². The minimum Gasteiger partial charge on any atom is -0.355 e. The van der Waals surface area contributed by atoms with Crippen LogP contribution in [0.15, 0.2) is 23.6 Å². The Morgan fingerprint density at radius 2 is 2.00 bits per heavy atom. The summed E-state index contributed by atoms with van der Waals surface area (Å²) < 4.78 is 26.0. The van der Waals surface area contributed by atoms with Crippen LogP contribution in [0.1, 0.15) is 16.3 Å². The maximum absolute atomic E-state index is 13.0. The van der Waals surface area contributed by atoms with Crippen molar-refractivity contribution in [3.63, 3.8) is 0 Å². The summed E-state index contributed by atoms with van der Waals surface area (Å²) in [6, 6.07) is 3.32. The minimum atomic E-state index is -0.618. The van der Waals surface area contributed by atoms with Gasteiger partial charge in [-0.3, -0.25) is 4.79 Å². The van der Waals surface area contributed by atoms with Gasteiger partial charge >= 0.3 is 0 Å². The number of benzene rings is 1. The molecule has 1 aromatic carbocycles. The molecule has 0 bridgehead atoms. The Labute approximate surface area is 130 Å². The Morgan fingerprint density at radius 3 is 2.62 bits per heavy atom. The number of alkyl halides is 1. The zero-order valence-electron chi connectivity index (χ0n) is 11.0. The van der Waals surface area contributed by atoms with Crippen LogP contribution in [0.25, 0.3) is 0 Å². The lowest BCUT2D eigenvalue weighted by Crippen LogP contribution is -2.27. The molecule has 1 amide bonds. The van der Waals surface area contributed by atoms with Gasteiger partial charge < -0.3 is 5.32 Å². The van der Waals surface area contributed by atoms with E-state index < -0.39 is 11.6 Å². The number of rotatable bonds is 6. The van der Waals surface area contributed by atoms with E-state index in [2.05, 4.69) is 10.3 Å². The number of aromatic nitrogens is 1. The lowest BCUT2D eigenvalue weighted by molar-refractivity contribution is -0.120. The van der Waals surface area contributed by atoms with E-state index >= 15 is 0 Å². The van der Waals surface area contributed by atoms with Gasteiger partial charge in [-0.05, 0) is 24.1 Å². The Balaban J connectivity index is 1.78. The molecular formula is C14H13ClF2N2OS. The van der Waals surface area contributed by atoms with Crippen LogP contribution in [0, 0.1) is 11.6 Å². The lowest BCUT2D eigenvalue weighted by atomic mass is 10.1. The van der Waals surface area contributed by atoms with E-state index in [9.17, 15) is 13.6 Å². The summed E-state index contributed by atoms with van der Waals surface area (Å²) in [6.45, 7) is 0.315. The first-order valence-corrected chi connectivity index (χ1v) is 7.69. The zero-order valence-corrected chi connectivity index (χ0v) is 12.6. The van der Waals surface area contributed by atoms with E-state index in [0.29, 0.717) is 29.4 Å². The fourth-order valence-corrected chi connectivity index (χ4v) is 2.81. The van der Waals surface area contributed by atoms with Gasteiger partial charge in [0.15, 0.2) is 0 Å². The third kappa shape index (κ3) is 5.06. The van der Waals surface area contributed by atoms with E-state index in [1.165, 1.54) is 23.5 Å². The van der Waals surface area contributed by atoms with Gasteiger partial charge in [0.05, 0.1) is 18.0 Å². The van der Waals surface area contributed by atoms with Gasteiger partial charge in [0, 0.05) is 18.0 Å². The molecule has 0 aliphatic carbocycles. The maximum atomic E-state index is 13.0. The van der Waals surface area contributed by atoms with Crippen molar-refractivity contribution in [2.75, 3.05) is 6.54 Å². The third-order valence-electron chi connectivity index (χ3n) is 2.71. The number of amides is 1. The average molecular weight is 331 g/mol. The number of carbonyl (C=O) groups excluding carboxylic acids is 1. The van der Waals surface area contributed by atoms with Crippen molar-refractivity contribution in [2.24, 2.45) is 0 Å². The van der Waals surface area contributed by atoms with Crippen molar-refractivity contribution in [3.05, 3.63) is 51.5 Å². The van der Waals surface area contributed by atoms with Crippen LogP contribution in [0.3, 0.4) is 0 Å². The molecule has 0 radical (unpaired) electrons. The predicted octanol–water partition coefficient (Wildman–Crippen LogP) is 3.06. The normalized spacial score (nSPS) is 10.6. The second-order valence-corrected chi connectivity index (χ2v) is 5.63. The van der Waals surface area contributed by atoms with Crippen molar-refractivity contribution in [2.45, 2.75) is 18.7 Å². The molecule has 0 aliphatic heterocycles. The molecule has 21 heavy (non-hydrogen) atoms. The van der Waals surface area contributed by atoms with Crippen LogP contribution >= 0.6 is 22.9 Å². The molecule has 0 saturated heterocycles. The van der Waals surface area contributed by atoms with Gasteiger partial charge in [-0.1, -0.05) is 0 Å². The largest absolute Gasteiger partial charge is 0.355 e. The fourth-order valence-electron chi connectivity index (χ4n) is 1.79. The highest BCUT2D eigenvalue weighted by atomic mass is 35.5. The smallest absolute Gasteiger partial charge is 0.226 e. The number of hydrogen-bond acceptors (Lipinski definition) is 3. The monoisotopic (exact) mass is 330 g/mol. The van der Waals surface area contributed by atoms with Gasteiger partial charge in [-0.15, -0.1) is 22.9 Å². The number of halogens is 3. The van der Waals surface area contributed by atoms with E-state index in [1.807, 2.05) is 5.38 Å². The molecule has 112 valence electrons. The second-order valence-electron chi connectivity index (χ2n) is 4.42. The predicted molar refractivity (Wildman–Crippen MR) is 78.4 cm³/mol. The van der Waals surface area contributed by atoms with Crippen molar-refractivity contribution in [1.82, 2.24) is 10.3 Å². The van der Waals surface area contributed by atoms with Crippen molar-refractivity contribution in [1.29, 1.82) is 0 Å². The number of hydrogen-bond donors (Lipinski definition) is 1. The summed E-state index contributed by atoms with van der Waals surface area (Å²) >= 11 is 7.02. The Hall–Kier alpha value is -1.53. The Bertz CT molecular complexity index is 613. The number of nitrogens with zero attached hydrogens (tertiary/aromatic N) is 1. The van der Waals surface area contributed by atoms with Crippen molar-refractivity contribution >= 4 is 28.8 Å². The summed E-state index contributed by atoms with van der Waals surface area (Å²) in [4.78, 5) is 15.9. The van der Waals surface area contributed by atoms with Crippen LogP contribution in [0.5, 0.6) is 0 Å². The standard InChI is InChI=1S/C14H13ClF2N2OS/c15-7-12-8-21-14(19-12)6-13(20)18-2-1-9-3-10(16)5-11(17)4-9/h3-5,8H,1-2,6-7H2,(H,18,20). The first-order chi connectivity index (χ1) is 10.1. The molecule has 0 spiro atoms. The van der Waals surface area contributed by atoms with Crippen LogP contribution < -0.4 is 5.32 Å². The molecular weight excluding hydrogens is 318 g/mol. The van der Waals surface area contributed by atoms with Crippen molar-refractivity contribution < 1.29 is 13.6 Å². The topological polar surface area (TPSA) is 42.0 Å². The molecule has 0 fully saturated rings. The summed E-state index contributed by atoms with van der Waals surface area (Å²) in [7, 11) is 0. The molecule has 1 heterocycles. The summed E-state index contributed by atoms with van der Waals surface area (Å²) in [5, 5.41) is 5.20. The van der Waals surface area contributed by atoms with Gasteiger partial charge in [-0.2, -0.15) is 0 Å². The highest BCUT2D eigenvalue weighted by molar-refractivity contribution is 7.09. The summed E-state index contributed by atoms with van der Waals surface area (Å²) in [6.07, 6.45) is 0.546. The zero-order chi connectivity index (χ0) is 15.2. The average Bonchev–Trinajstić information content (AvgIpc) is 2.85. The molecule has 2 aromatic rings. The second kappa shape index (κ2) is 7.47. The highest BCUT2D eigenvalue weighted by Gasteiger charge is 2.08. The number of nitrogens with one attached hydrogen (secondary N) is 1. The van der Waals surface area contributed by atoms with Crippen LogP contribution in [0.4, 0.5) is 8.78 Å². The number of thiazole rings is 1. The first-order valence-electron chi connectivity index (χ1n) is 6.27. The highest BCUT2D eigenvalue weighted by Crippen LogP contribution is 2.12. The molecule has 0 saturated carbocycles. The molecule has 2 rings (SSSR count). The number of carbonyl (C=O) groups is 1. The lowest BCUT2D eigenvalue weighted by Gasteiger charge is -2.05. The molecule has 0 aliphatic rings. The van der Waals surface area contributed by atoms with Crippen LogP contribution in [0.2, 0.25) is 0 Å². The van der Waals surface area contributed by atoms with Gasteiger partial charge in [-0.25, -0.2) is 13.8 Å². The molecule has 3 nitrogen and oxygen atoms in total. The first kappa shape index (κ1) is 15.9. The Morgan fingerprint density at radius 1 is 1.29 bits per heavy atom. The van der Waals surface area contributed by atoms with Gasteiger partial charge in [0.25, 0.3) is 0 Å². The van der Waals surface area contributed by atoms with E-state index in [0.717, 1.165) is 11.8 Å². The van der Waals surface area contributed by atoms with Gasteiger partial charge in [0.1, 0.15) is 16.6 Å². The van der Waals surface area contributed by atoms with Crippen LogP contribution in [-0.2, 0) is 23.5 Å². The maximum Gasteiger partial charge on any atom is 0.226 e. The van der Waals surface area contributed by atoms with Crippen molar-refractivity contribution in [3.8, 4) is 0 Å². The SMILES string of the molecule is O=C(Cc1nc(CCl)cs1)NCCc1cc(F)cc(F)c1. The molecule has 1 N–H and O–H groups in total. The summed E-state index contributed by atoms with van der Waals surface area (Å²) in [5.74, 6) is -1.09.